The van der Waals surface area contributed by atoms with Crippen LogP contribution in [-0.2, 0) is 10.0 Å². The highest BCUT2D eigenvalue weighted by atomic mass is 32.2. The van der Waals surface area contributed by atoms with E-state index in [1.807, 2.05) is 0 Å². The van der Waals surface area contributed by atoms with Gasteiger partial charge in [-0.3, -0.25) is 0 Å². The molecule has 6 heteroatoms. The molecule has 0 saturated heterocycles. The van der Waals surface area contributed by atoms with Crippen molar-refractivity contribution in [2.45, 2.75) is 4.90 Å². The van der Waals surface area contributed by atoms with Crippen molar-refractivity contribution in [3.05, 3.63) is 30.3 Å². The Labute approximate surface area is 87.6 Å². The fourth-order valence-electron chi connectivity index (χ4n) is 0.840. The zero-order valence-electron chi connectivity index (χ0n) is 7.17. The van der Waals surface area contributed by atoms with Crippen LogP contribution in [0.1, 0.15) is 0 Å². The molecule has 2 N–H and O–H groups in total. The average molecular weight is 231 g/mol. The maximum absolute atomic E-state index is 11.5. The number of sulfonamides is 1. The molecule has 0 aliphatic carbocycles. The van der Waals surface area contributed by atoms with E-state index in [0.717, 1.165) is 0 Å². The Balaban J connectivity index is 2.82. The number of aliphatic hydroxyl groups is 1. The molecule has 0 unspecified atom stereocenters. The van der Waals surface area contributed by atoms with Gasteiger partial charge in [0.05, 0.1) is 11.4 Å². The van der Waals surface area contributed by atoms with Crippen LogP contribution in [0.2, 0.25) is 0 Å². The summed E-state index contributed by atoms with van der Waals surface area (Å²) in [4.78, 5) is 0.149. The Hall–Kier alpha value is -0.980. The molecule has 0 atom stereocenters. The van der Waals surface area contributed by atoms with Gasteiger partial charge >= 0.3 is 0 Å². The predicted octanol–water partition coefficient (Wildman–Crippen LogP) is 0.850. The summed E-state index contributed by atoms with van der Waals surface area (Å²) in [5, 5.41) is 8.28. The lowest BCUT2D eigenvalue weighted by atomic mass is 10.4. The minimum Gasteiger partial charge on any atom is -0.501 e. The molecule has 0 radical (unpaired) electrons. The lowest BCUT2D eigenvalue weighted by Gasteiger charge is -2.04. The molecule has 0 amide bonds. The van der Waals surface area contributed by atoms with E-state index in [1.165, 1.54) is 12.1 Å². The van der Waals surface area contributed by atoms with Crippen LogP contribution >= 0.6 is 12.2 Å². The second-order valence-corrected chi connectivity index (χ2v) is 4.77. The Bertz CT molecular complexity index is 413. The van der Waals surface area contributed by atoms with Crippen LogP contribution in [0.5, 0.6) is 0 Å². The maximum Gasteiger partial charge on any atom is 0.241 e. The van der Waals surface area contributed by atoms with E-state index in [1.54, 1.807) is 18.2 Å². The Morgan fingerprint density at radius 1 is 1.36 bits per heavy atom. The molecule has 76 valence electrons. The van der Waals surface area contributed by atoms with E-state index < -0.39 is 10.0 Å². The van der Waals surface area contributed by atoms with Crippen molar-refractivity contribution in [3.8, 4) is 0 Å². The first-order chi connectivity index (χ1) is 6.52. The highest BCUT2D eigenvalue weighted by Crippen LogP contribution is 2.06. The van der Waals surface area contributed by atoms with Gasteiger partial charge < -0.3 is 5.11 Å². The van der Waals surface area contributed by atoms with E-state index in [2.05, 4.69) is 16.9 Å². The van der Waals surface area contributed by atoms with Crippen molar-refractivity contribution in [3.63, 3.8) is 0 Å². The van der Waals surface area contributed by atoms with Gasteiger partial charge in [-0.1, -0.05) is 18.2 Å². The summed E-state index contributed by atoms with van der Waals surface area (Å²) in [6.07, 6.45) is 0. The van der Waals surface area contributed by atoms with Crippen LogP contribution in [0, 0.1) is 0 Å². The summed E-state index contributed by atoms with van der Waals surface area (Å²) in [6.45, 7) is -0.243. The molecule has 0 aliphatic rings. The maximum atomic E-state index is 11.5. The van der Waals surface area contributed by atoms with E-state index in [0.29, 0.717) is 0 Å². The largest absolute Gasteiger partial charge is 0.501 e. The predicted molar refractivity (Wildman–Crippen MR) is 56.9 cm³/mol. The van der Waals surface area contributed by atoms with Gasteiger partial charge in [0.25, 0.3) is 0 Å². The van der Waals surface area contributed by atoms with Crippen LogP contribution in [0.15, 0.2) is 35.2 Å². The van der Waals surface area contributed by atoms with Gasteiger partial charge in [0, 0.05) is 0 Å². The molecule has 14 heavy (non-hydrogen) atoms. The Morgan fingerprint density at radius 2 is 1.93 bits per heavy atom. The second-order valence-electron chi connectivity index (χ2n) is 2.53. The molecule has 1 rings (SSSR count). The molecule has 0 heterocycles. The molecule has 0 bridgehead atoms. The fraction of sp³-hybridized carbons (Fsp3) is 0.125. The van der Waals surface area contributed by atoms with Crippen LogP contribution in [0.25, 0.3) is 0 Å². The Morgan fingerprint density at radius 3 is 2.43 bits per heavy atom. The summed E-state index contributed by atoms with van der Waals surface area (Å²) >= 11 is 4.34. The molecule has 4 nitrogen and oxygen atoms in total. The van der Waals surface area contributed by atoms with E-state index in [9.17, 15) is 8.42 Å². The van der Waals surface area contributed by atoms with Gasteiger partial charge in [0.1, 0.15) is 0 Å². The number of nitrogens with one attached hydrogen (secondary N) is 1. The first-order valence-electron chi connectivity index (χ1n) is 3.79. The van der Waals surface area contributed by atoms with E-state index in [-0.39, 0.29) is 16.5 Å². The third kappa shape index (κ3) is 3.06. The van der Waals surface area contributed by atoms with Gasteiger partial charge in [-0.05, 0) is 24.4 Å². The number of hydrogen-bond acceptors (Lipinski definition) is 3. The van der Waals surface area contributed by atoms with Crippen LogP contribution in [0.4, 0.5) is 0 Å². The van der Waals surface area contributed by atoms with Crippen LogP contribution in [0.3, 0.4) is 0 Å². The second kappa shape index (κ2) is 4.50. The monoisotopic (exact) mass is 231 g/mol. The topological polar surface area (TPSA) is 66.4 Å². The normalized spacial score (nSPS) is 11.1. The number of hydrogen-bond donors (Lipinski definition) is 2. The van der Waals surface area contributed by atoms with Crippen molar-refractivity contribution in [1.82, 2.24) is 4.72 Å². The van der Waals surface area contributed by atoms with Gasteiger partial charge in [0.2, 0.25) is 10.0 Å². The number of aliphatic hydroxyl groups excluding tert-OH is 1. The minimum atomic E-state index is -3.55. The molecule has 0 aromatic heterocycles. The van der Waals surface area contributed by atoms with Crippen LogP contribution in [-0.4, -0.2) is 25.1 Å². The van der Waals surface area contributed by atoms with Gasteiger partial charge in [-0.2, -0.15) is 0 Å². The zero-order valence-corrected chi connectivity index (χ0v) is 8.81. The summed E-state index contributed by atoms with van der Waals surface area (Å²) in [5.41, 5.74) is 0. The zero-order chi connectivity index (χ0) is 10.6. The van der Waals surface area contributed by atoms with Crippen molar-refractivity contribution >= 4 is 27.3 Å². The standard InChI is InChI=1S/C8H9NO3S2/c10-8(13)6-9-14(11,12)7-4-2-1-3-5-7/h1-5,9H,6H2,(H,10,13). The van der Waals surface area contributed by atoms with E-state index >= 15 is 0 Å². The minimum absolute atomic E-state index is 0.149. The average Bonchev–Trinajstić information content (AvgIpc) is 2.16. The fourth-order valence-corrected chi connectivity index (χ4v) is 2.01. The van der Waals surface area contributed by atoms with Gasteiger partial charge in [0.15, 0.2) is 5.05 Å². The first-order valence-corrected chi connectivity index (χ1v) is 5.68. The SMILES string of the molecule is O=S(=O)(NCC(O)=S)c1ccccc1. The lowest BCUT2D eigenvalue weighted by molar-refractivity contribution is 0.547. The van der Waals surface area contributed by atoms with Crippen LogP contribution < -0.4 is 4.72 Å². The summed E-state index contributed by atoms with van der Waals surface area (Å²) in [7, 11) is -3.55. The highest BCUT2D eigenvalue weighted by Gasteiger charge is 2.12. The molecule has 1 aromatic rings. The molecule has 0 spiro atoms. The molecular formula is C8H9NO3S2. The van der Waals surface area contributed by atoms with Gasteiger partial charge in [-0.15, -0.1) is 0 Å². The molecule has 0 aliphatic heterocycles. The Kier molecular flexibility index (Phi) is 3.56. The smallest absolute Gasteiger partial charge is 0.241 e. The summed E-state index contributed by atoms with van der Waals surface area (Å²) < 4.78 is 25.1. The number of rotatable bonds is 4. The van der Waals surface area contributed by atoms with Crippen molar-refractivity contribution < 1.29 is 13.5 Å². The van der Waals surface area contributed by atoms with Crippen molar-refractivity contribution in [2.75, 3.05) is 6.54 Å². The number of thiocarbonyl (C=S) groups is 1. The van der Waals surface area contributed by atoms with Crippen molar-refractivity contribution in [1.29, 1.82) is 0 Å². The molecule has 1 aromatic carbocycles. The van der Waals surface area contributed by atoms with Gasteiger partial charge in [-0.25, -0.2) is 13.1 Å². The third-order valence-electron chi connectivity index (χ3n) is 1.47. The van der Waals surface area contributed by atoms with E-state index in [4.69, 9.17) is 5.11 Å². The quantitative estimate of drug-likeness (QED) is 0.754. The first kappa shape index (κ1) is 11.1. The number of benzene rings is 1. The molecule has 0 saturated carbocycles. The van der Waals surface area contributed by atoms with Crippen molar-refractivity contribution in [2.24, 2.45) is 0 Å². The summed E-state index contributed by atoms with van der Waals surface area (Å²) in [5.74, 6) is 0. The molecular weight excluding hydrogens is 222 g/mol. The lowest BCUT2D eigenvalue weighted by Crippen LogP contribution is -2.28. The third-order valence-corrected chi connectivity index (χ3v) is 3.03. The molecule has 0 fully saturated rings. The highest BCUT2D eigenvalue weighted by molar-refractivity contribution is 7.89. The summed E-state index contributed by atoms with van der Waals surface area (Å²) in [6, 6.07) is 7.87.